The summed E-state index contributed by atoms with van der Waals surface area (Å²) in [6, 6.07) is 4.35. The van der Waals surface area contributed by atoms with Crippen LogP contribution in [0.4, 0.5) is 15.8 Å². The normalized spacial score (nSPS) is 21.6. The lowest BCUT2D eigenvalue weighted by atomic mass is 10.2. The van der Waals surface area contributed by atoms with Gasteiger partial charge in [-0.05, 0) is 24.6 Å². The minimum atomic E-state index is -0.328. The number of hydrogen-bond donors (Lipinski definition) is 2. The lowest BCUT2D eigenvalue weighted by Crippen LogP contribution is -2.22. The standard InChI is InChI=1S/C10H13FN2O/c11-7-1-2-10(9(12)5-7)13-4-3-8(14)6-13/h1-2,5,8,14H,3-4,6,12H2/t8-/m1/s1. The summed E-state index contributed by atoms with van der Waals surface area (Å²) >= 11 is 0. The van der Waals surface area contributed by atoms with Gasteiger partial charge in [-0.1, -0.05) is 0 Å². The van der Waals surface area contributed by atoms with E-state index >= 15 is 0 Å². The second kappa shape index (κ2) is 3.46. The summed E-state index contributed by atoms with van der Waals surface area (Å²) in [5.74, 6) is -0.328. The molecule has 76 valence electrons. The molecule has 3 nitrogen and oxygen atoms in total. The molecule has 1 saturated heterocycles. The van der Waals surface area contributed by atoms with E-state index in [0.717, 1.165) is 18.7 Å². The van der Waals surface area contributed by atoms with Crippen LogP contribution in [0.15, 0.2) is 18.2 Å². The first-order chi connectivity index (χ1) is 6.66. The van der Waals surface area contributed by atoms with Crippen LogP contribution >= 0.6 is 0 Å². The number of β-amino-alcohol motifs (C(OH)–C–C–N with tert-alkyl or cyclic N) is 1. The third kappa shape index (κ3) is 1.65. The summed E-state index contributed by atoms with van der Waals surface area (Å²) < 4.78 is 12.8. The van der Waals surface area contributed by atoms with E-state index in [1.165, 1.54) is 12.1 Å². The summed E-state index contributed by atoms with van der Waals surface area (Å²) in [6.45, 7) is 1.35. The fourth-order valence-electron chi connectivity index (χ4n) is 1.77. The maximum absolute atomic E-state index is 12.8. The number of aliphatic hydroxyl groups excluding tert-OH is 1. The predicted molar refractivity (Wildman–Crippen MR) is 53.6 cm³/mol. The molecule has 0 spiro atoms. The van der Waals surface area contributed by atoms with Gasteiger partial charge in [-0.15, -0.1) is 0 Å². The van der Waals surface area contributed by atoms with Gasteiger partial charge in [0.15, 0.2) is 0 Å². The zero-order valence-electron chi connectivity index (χ0n) is 7.78. The van der Waals surface area contributed by atoms with Crippen LogP contribution in [-0.2, 0) is 0 Å². The average molecular weight is 196 g/mol. The summed E-state index contributed by atoms with van der Waals surface area (Å²) in [4.78, 5) is 1.97. The van der Waals surface area contributed by atoms with Crippen molar-refractivity contribution in [3.8, 4) is 0 Å². The fourth-order valence-corrected chi connectivity index (χ4v) is 1.77. The summed E-state index contributed by atoms with van der Waals surface area (Å²) in [5.41, 5.74) is 6.92. The molecule has 1 aliphatic heterocycles. The maximum atomic E-state index is 12.8. The van der Waals surface area contributed by atoms with Gasteiger partial charge in [0.2, 0.25) is 0 Å². The Morgan fingerprint density at radius 2 is 2.29 bits per heavy atom. The highest BCUT2D eigenvalue weighted by atomic mass is 19.1. The molecule has 3 N–H and O–H groups in total. The molecule has 0 bridgehead atoms. The van der Waals surface area contributed by atoms with Crippen LogP contribution in [-0.4, -0.2) is 24.3 Å². The SMILES string of the molecule is Nc1cc(F)ccc1N1CC[C@@H](O)C1. The number of rotatable bonds is 1. The number of nitrogens with zero attached hydrogens (tertiary/aromatic N) is 1. The van der Waals surface area contributed by atoms with Crippen LogP contribution in [0.1, 0.15) is 6.42 Å². The largest absolute Gasteiger partial charge is 0.397 e. The monoisotopic (exact) mass is 196 g/mol. The van der Waals surface area contributed by atoms with Gasteiger partial charge in [-0.25, -0.2) is 4.39 Å². The van der Waals surface area contributed by atoms with E-state index in [0.29, 0.717) is 12.2 Å². The molecule has 0 unspecified atom stereocenters. The minimum absolute atomic E-state index is 0.292. The molecule has 2 rings (SSSR count). The van der Waals surface area contributed by atoms with E-state index in [2.05, 4.69) is 0 Å². The van der Waals surface area contributed by atoms with Crippen LogP contribution in [0.3, 0.4) is 0 Å². The van der Waals surface area contributed by atoms with Crippen LogP contribution in [0.5, 0.6) is 0 Å². The predicted octanol–water partition coefficient (Wildman–Crippen LogP) is 0.979. The van der Waals surface area contributed by atoms with Crippen molar-refractivity contribution in [3.05, 3.63) is 24.0 Å². The third-order valence-corrected chi connectivity index (χ3v) is 2.49. The maximum Gasteiger partial charge on any atom is 0.125 e. The van der Waals surface area contributed by atoms with Crippen molar-refractivity contribution < 1.29 is 9.50 Å². The third-order valence-electron chi connectivity index (χ3n) is 2.49. The van der Waals surface area contributed by atoms with E-state index in [1.807, 2.05) is 4.90 Å². The molecule has 0 aliphatic carbocycles. The Balaban J connectivity index is 2.24. The van der Waals surface area contributed by atoms with E-state index in [-0.39, 0.29) is 11.9 Å². The molecule has 0 aromatic heterocycles. The van der Waals surface area contributed by atoms with Gasteiger partial charge in [-0.2, -0.15) is 0 Å². The first kappa shape index (κ1) is 9.27. The van der Waals surface area contributed by atoms with Crippen molar-refractivity contribution in [1.82, 2.24) is 0 Å². The number of anilines is 2. The topological polar surface area (TPSA) is 49.5 Å². The van der Waals surface area contributed by atoms with Crippen molar-refractivity contribution in [2.24, 2.45) is 0 Å². The Labute approximate surface area is 81.9 Å². The van der Waals surface area contributed by atoms with Crippen LogP contribution in [0, 0.1) is 5.82 Å². The average Bonchev–Trinajstić information content (AvgIpc) is 2.51. The Hall–Kier alpha value is -1.29. The molecule has 4 heteroatoms. The fraction of sp³-hybridized carbons (Fsp3) is 0.400. The molecule has 1 aromatic rings. The van der Waals surface area contributed by atoms with Crippen molar-refractivity contribution in [2.45, 2.75) is 12.5 Å². The second-order valence-electron chi connectivity index (χ2n) is 3.59. The van der Waals surface area contributed by atoms with Gasteiger partial charge in [0, 0.05) is 13.1 Å². The van der Waals surface area contributed by atoms with E-state index < -0.39 is 0 Å². The molecular weight excluding hydrogens is 183 g/mol. The van der Waals surface area contributed by atoms with Crippen molar-refractivity contribution >= 4 is 11.4 Å². The van der Waals surface area contributed by atoms with Crippen LogP contribution < -0.4 is 10.6 Å². The molecule has 1 aromatic carbocycles. The van der Waals surface area contributed by atoms with Gasteiger partial charge < -0.3 is 15.7 Å². The molecule has 0 amide bonds. The molecule has 1 aliphatic rings. The van der Waals surface area contributed by atoms with Gasteiger partial charge in [0.05, 0.1) is 17.5 Å². The quantitative estimate of drug-likeness (QED) is 0.658. The number of aliphatic hydroxyl groups is 1. The van der Waals surface area contributed by atoms with Gasteiger partial charge in [0.1, 0.15) is 5.82 Å². The van der Waals surface area contributed by atoms with Crippen LogP contribution in [0.2, 0.25) is 0 Å². The number of nitrogens with two attached hydrogens (primary N) is 1. The Morgan fingerprint density at radius 3 is 2.86 bits per heavy atom. The second-order valence-corrected chi connectivity index (χ2v) is 3.59. The molecule has 1 heterocycles. The molecular formula is C10H13FN2O. The smallest absolute Gasteiger partial charge is 0.125 e. The minimum Gasteiger partial charge on any atom is -0.397 e. The number of hydrogen-bond acceptors (Lipinski definition) is 3. The van der Waals surface area contributed by atoms with Gasteiger partial charge in [0.25, 0.3) is 0 Å². The highest BCUT2D eigenvalue weighted by Gasteiger charge is 2.21. The number of benzene rings is 1. The van der Waals surface area contributed by atoms with Crippen molar-refractivity contribution in [3.63, 3.8) is 0 Å². The van der Waals surface area contributed by atoms with E-state index in [4.69, 9.17) is 5.73 Å². The zero-order valence-corrected chi connectivity index (χ0v) is 7.78. The summed E-state index contributed by atoms with van der Waals surface area (Å²) in [7, 11) is 0. The lowest BCUT2D eigenvalue weighted by molar-refractivity contribution is 0.198. The molecule has 0 radical (unpaired) electrons. The summed E-state index contributed by atoms with van der Waals surface area (Å²) in [6.07, 6.45) is 0.455. The molecule has 0 saturated carbocycles. The van der Waals surface area contributed by atoms with Crippen molar-refractivity contribution in [1.29, 1.82) is 0 Å². The van der Waals surface area contributed by atoms with Gasteiger partial charge in [-0.3, -0.25) is 0 Å². The Bertz CT molecular complexity index is 343. The highest BCUT2D eigenvalue weighted by molar-refractivity contribution is 5.67. The first-order valence-electron chi connectivity index (χ1n) is 4.65. The molecule has 14 heavy (non-hydrogen) atoms. The Kier molecular flexibility index (Phi) is 2.29. The molecule has 1 fully saturated rings. The highest BCUT2D eigenvalue weighted by Crippen LogP contribution is 2.27. The Morgan fingerprint density at radius 1 is 1.50 bits per heavy atom. The van der Waals surface area contributed by atoms with E-state index in [9.17, 15) is 9.50 Å². The number of nitrogen functional groups attached to an aromatic ring is 1. The van der Waals surface area contributed by atoms with Crippen molar-refractivity contribution in [2.75, 3.05) is 23.7 Å². The van der Waals surface area contributed by atoms with Gasteiger partial charge >= 0.3 is 0 Å². The zero-order chi connectivity index (χ0) is 10.1. The van der Waals surface area contributed by atoms with Crippen LogP contribution in [0.25, 0.3) is 0 Å². The number of halogens is 1. The lowest BCUT2D eigenvalue weighted by Gasteiger charge is -2.19. The first-order valence-corrected chi connectivity index (χ1v) is 4.65. The van der Waals surface area contributed by atoms with E-state index in [1.54, 1.807) is 6.07 Å². The summed E-state index contributed by atoms with van der Waals surface area (Å²) in [5, 5.41) is 9.35. The molecule has 1 atom stereocenters.